The van der Waals surface area contributed by atoms with Crippen molar-refractivity contribution in [3.05, 3.63) is 85.1 Å². The van der Waals surface area contributed by atoms with Crippen LogP contribution >= 0.6 is 0 Å². The molecule has 1 fully saturated rings. The third-order valence-corrected chi connectivity index (χ3v) is 15.0. The number of rotatable bonds is 55. The van der Waals surface area contributed by atoms with Crippen LogP contribution in [0.25, 0.3) is 0 Å². The summed E-state index contributed by atoms with van der Waals surface area (Å²) in [6, 6.07) is -0.814. The second kappa shape index (κ2) is 56.6. The first-order chi connectivity index (χ1) is 37.8. The summed E-state index contributed by atoms with van der Waals surface area (Å²) in [6.07, 6.45) is 73.7. The van der Waals surface area contributed by atoms with E-state index in [0.29, 0.717) is 6.42 Å². The van der Waals surface area contributed by atoms with Crippen LogP contribution in [0.2, 0.25) is 0 Å². The van der Waals surface area contributed by atoms with Gasteiger partial charge in [0.05, 0.1) is 25.4 Å². The molecule has 7 unspecified atom stereocenters. The molecular formula is C68H121NO8. The van der Waals surface area contributed by atoms with Gasteiger partial charge in [-0.25, -0.2) is 0 Å². The van der Waals surface area contributed by atoms with Crippen LogP contribution in [0.1, 0.15) is 284 Å². The fraction of sp³-hybridized carbons (Fsp3) is 0.779. The van der Waals surface area contributed by atoms with Crippen molar-refractivity contribution in [2.75, 3.05) is 13.2 Å². The van der Waals surface area contributed by atoms with Crippen molar-refractivity contribution in [1.82, 2.24) is 5.32 Å². The molecule has 0 saturated carbocycles. The molecule has 77 heavy (non-hydrogen) atoms. The summed E-state index contributed by atoms with van der Waals surface area (Å²) in [4.78, 5) is 13.1. The fourth-order valence-corrected chi connectivity index (χ4v) is 9.93. The number of ether oxygens (including phenoxy) is 2. The van der Waals surface area contributed by atoms with E-state index in [1.54, 1.807) is 6.08 Å². The topological polar surface area (TPSA) is 149 Å². The number of carbonyl (C=O) groups excluding carboxylic acids is 1. The summed E-state index contributed by atoms with van der Waals surface area (Å²) in [5, 5.41) is 54.7. The van der Waals surface area contributed by atoms with Crippen LogP contribution in [0, 0.1) is 0 Å². The second-order valence-electron chi connectivity index (χ2n) is 22.2. The average Bonchev–Trinajstić information content (AvgIpc) is 3.43. The van der Waals surface area contributed by atoms with Crippen molar-refractivity contribution >= 4 is 5.91 Å². The predicted molar refractivity (Wildman–Crippen MR) is 327 cm³/mol. The largest absolute Gasteiger partial charge is 0.394 e. The van der Waals surface area contributed by atoms with Crippen molar-refractivity contribution in [3.8, 4) is 0 Å². The minimum atomic E-state index is -1.57. The highest BCUT2D eigenvalue weighted by Crippen LogP contribution is 2.23. The van der Waals surface area contributed by atoms with E-state index in [-0.39, 0.29) is 12.5 Å². The van der Waals surface area contributed by atoms with Gasteiger partial charge >= 0.3 is 0 Å². The number of hydrogen-bond donors (Lipinski definition) is 6. The van der Waals surface area contributed by atoms with Crippen molar-refractivity contribution in [3.63, 3.8) is 0 Å². The van der Waals surface area contributed by atoms with Gasteiger partial charge in [0.2, 0.25) is 5.91 Å². The standard InChI is InChI=1S/C68H121NO8/c1-3-5-7-9-11-13-15-17-19-21-23-25-27-29-30-31-32-34-36-38-40-42-44-46-48-50-52-54-56-58-64(72)69-61(60-76-68-67(75)66(74)65(73)63(59-70)77-68)62(71)57-55-53-51-49-47-45-43-41-39-37-35-33-28-26-24-22-20-18-16-14-12-10-8-6-4-2/h5,7,11,13,17,19,23,25,29-30,32,34,55,57,61-63,65-68,70-71,73-75H,3-4,6,8-10,12,14-16,18,20-22,24,26-28,31,33,35-54,56,58-60H2,1-2H3,(H,69,72)/b7-5-,13-11-,19-17-,25-23-,30-29-,34-32-,57-55+. The zero-order valence-electron chi connectivity index (χ0n) is 49.7. The smallest absolute Gasteiger partial charge is 0.220 e. The molecule has 1 heterocycles. The Kier molecular flexibility index (Phi) is 53.2. The molecule has 1 rings (SSSR count). The molecule has 1 amide bonds. The second-order valence-corrected chi connectivity index (χ2v) is 22.2. The minimum absolute atomic E-state index is 0.182. The zero-order valence-corrected chi connectivity index (χ0v) is 49.7. The van der Waals surface area contributed by atoms with Crippen molar-refractivity contribution in [2.45, 2.75) is 326 Å². The molecule has 0 aromatic carbocycles. The summed E-state index contributed by atoms with van der Waals surface area (Å²) in [6.45, 7) is 3.69. The maximum Gasteiger partial charge on any atom is 0.220 e. The Morgan fingerprint density at radius 3 is 1.19 bits per heavy atom. The van der Waals surface area contributed by atoms with Gasteiger partial charge in [0, 0.05) is 6.42 Å². The minimum Gasteiger partial charge on any atom is -0.394 e. The molecule has 0 aromatic heterocycles. The number of nitrogens with one attached hydrogen (secondary N) is 1. The highest BCUT2D eigenvalue weighted by molar-refractivity contribution is 5.76. The molecule has 0 spiro atoms. The first-order valence-electron chi connectivity index (χ1n) is 32.3. The Balaban J connectivity index is 2.19. The van der Waals surface area contributed by atoms with Crippen molar-refractivity contribution in [1.29, 1.82) is 0 Å². The fourth-order valence-electron chi connectivity index (χ4n) is 9.93. The molecular weight excluding hydrogens is 959 g/mol. The molecule has 0 aliphatic carbocycles. The van der Waals surface area contributed by atoms with E-state index in [9.17, 15) is 30.3 Å². The summed E-state index contributed by atoms with van der Waals surface area (Å²) in [7, 11) is 0. The van der Waals surface area contributed by atoms with Gasteiger partial charge in [0.25, 0.3) is 0 Å². The van der Waals surface area contributed by atoms with E-state index in [2.05, 4.69) is 92.1 Å². The Bertz CT molecular complexity index is 1490. The number of carbonyl (C=O) groups is 1. The van der Waals surface area contributed by atoms with Crippen LogP contribution in [0.3, 0.4) is 0 Å². The first-order valence-corrected chi connectivity index (χ1v) is 32.3. The summed E-state index contributed by atoms with van der Waals surface area (Å²) < 4.78 is 11.3. The van der Waals surface area contributed by atoms with Crippen LogP contribution < -0.4 is 5.32 Å². The van der Waals surface area contributed by atoms with Gasteiger partial charge in [-0.2, -0.15) is 0 Å². The molecule has 1 saturated heterocycles. The monoisotopic (exact) mass is 1080 g/mol. The number of aliphatic hydroxyl groups is 5. The number of aliphatic hydroxyl groups excluding tert-OH is 5. The lowest BCUT2D eigenvalue weighted by Gasteiger charge is -2.40. The normalized spacial score (nSPS) is 19.3. The molecule has 9 nitrogen and oxygen atoms in total. The molecule has 1 aliphatic rings. The van der Waals surface area contributed by atoms with Gasteiger partial charge in [-0.05, 0) is 70.6 Å². The third-order valence-electron chi connectivity index (χ3n) is 15.0. The van der Waals surface area contributed by atoms with Crippen LogP contribution in [0.4, 0.5) is 0 Å². The molecule has 1 aliphatic heterocycles. The summed E-state index contributed by atoms with van der Waals surface area (Å²) in [5.41, 5.74) is 0. The van der Waals surface area contributed by atoms with E-state index in [4.69, 9.17) is 9.47 Å². The highest BCUT2D eigenvalue weighted by Gasteiger charge is 2.44. The summed E-state index contributed by atoms with van der Waals surface area (Å²) >= 11 is 0. The quantitative estimate of drug-likeness (QED) is 0.0261. The lowest BCUT2D eigenvalue weighted by molar-refractivity contribution is -0.302. The van der Waals surface area contributed by atoms with Crippen LogP contribution in [-0.2, 0) is 14.3 Å². The predicted octanol–water partition coefficient (Wildman–Crippen LogP) is 17.0. The van der Waals surface area contributed by atoms with E-state index in [1.807, 2.05) is 6.08 Å². The number of unbranched alkanes of at least 4 members (excludes halogenated alkanes) is 33. The Morgan fingerprint density at radius 2 is 0.805 bits per heavy atom. The maximum absolute atomic E-state index is 13.1. The molecule has 0 bridgehead atoms. The van der Waals surface area contributed by atoms with Gasteiger partial charge in [0.1, 0.15) is 24.4 Å². The summed E-state index contributed by atoms with van der Waals surface area (Å²) in [5.74, 6) is -0.182. The van der Waals surface area contributed by atoms with E-state index >= 15 is 0 Å². The first kappa shape index (κ1) is 72.4. The Labute approximate surface area is 473 Å². The van der Waals surface area contributed by atoms with Gasteiger partial charge in [0.15, 0.2) is 6.29 Å². The molecule has 0 radical (unpaired) electrons. The van der Waals surface area contributed by atoms with Gasteiger partial charge in [-0.3, -0.25) is 4.79 Å². The van der Waals surface area contributed by atoms with E-state index < -0.39 is 49.5 Å². The lowest BCUT2D eigenvalue weighted by Crippen LogP contribution is -2.60. The zero-order chi connectivity index (χ0) is 55.8. The number of allylic oxidation sites excluding steroid dienone is 13. The Hall–Kier alpha value is -2.63. The molecule has 6 N–H and O–H groups in total. The maximum atomic E-state index is 13.1. The van der Waals surface area contributed by atoms with Crippen molar-refractivity contribution in [2.24, 2.45) is 0 Å². The van der Waals surface area contributed by atoms with Gasteiger partial charge in [-0.15, -0.1) is 0 Å². The van der Waals surface area contributed by atoms with Crippen molar-refractivity contribution < 1.29 is 39.8 Å². The van der Waals surface area contributed by atoms with Gasteiger partial charge < -0.3 is 40.3 Å². The van der Waals surface area contributed by atoms with E-state index in [0.717, 1.165) is 83.5 Å². The highest BCUT2D eigenvalue weighted by atomic mass is 16.7. The third kappa shape index (κ3) is 45.8. The number of hydrogen-bond acceptors (Lipinski definition) is 8. The van der Waals surface area contributed by atoms with E-state index in [1.165, 1.54) is 180 Å². The van der Waals surface area contributed by atoms with Crippen LogP contribution in [0.5, 0.6) is 0 Å². The van der Waals surface area contributed by atoms with Crippen LogP contribution in [-0.4, -0.2) is 87.5 Å². The molecule has 446 valence electrons. The average molecular weight is 1080 g/mol. The lowest BCUT2D eigenvalue weighted by atomic mass is 9.99. The van der Waals surface area contributed by atoms with Gasteiger partial charge in [-0.1, -0.05) is 292 Å². The molecule has 9 heteroatoms. The molecule has 7 atom stereocenters. The van der Waals surface area contributed by atoms with Crippen LogP contribution in [0.15, 0.2) is 85.1 Å². The molecule has 0 aromatic rings. The number of amides is 1. The SMILES string of the molecule is CC/C=C\C/C=C\C/C=C\C/C=C\C/C=C\C/C=C\CCCCCCCCCCCCC(=O)NC(COC1OC(CO)C(O)C(O)C1O)C(O)/C=C/CCCCCCCCCCCCCCCCCCCCCCCCC. The Morgan fingerprint density at radius 1 is 0.455 bits per heavy atom.